The van der Waals surface area contributed by atoms with E-state index in [4.69, 9.17) is 0 Å². The van der Waals surface area contributed by atoms with Crippen molar-refractivity contribution < 1.29 is 43.5 Å². The Bertz CT molecular complexity index is 1360. The van der Waals surface area contributed by atoms with E-state index < -0.39 is 45.9 Å². The molecular formula is C28H23BF9NOS. The second-order valence-electron chi connectivity index (χ2n) is 8.98. The molecule has 0 atom stereocenters. The third kappa shape index (κ3) is 7.72. The van der Waals surface area contributed by atoms with Crippen molar-refractivity contribution in [3.8, 4) is 0 Å². The van der Waals surface area contributed by atoms with Gasteiger partial charge in [0.1, 0.15) is 0 Å². The van der Waals surface area contributed by atoms with E-state index in [1.807, 2.05) is 104 Å². The van der Waals surface area contributed by atoms with E-state index in [9.17, 15) is 43.5 Å². The summed E-state index contributed by atoms with van der Waals surface area (Å²) in [7, 11) is 1.52. The van der Waals surface area contributed by atoms with Gasteiger partial charge in [0.05, 0.1) is 11.1 Å². The minimum Gasteiger partial charge on any atom is -0.445 e. The molecule has 0 saturated heterocycles. The van der Waals surface area contributed by atoms with Crippen LogP contribution in [0.5, 0.6) is 0 Å². The highest BCUT2D eigenvalue weighted by Crippen LogP contribution is 2.37. The standard InChI is InChI=1S/C20H20NOS.C8H3BF9/c1-21(2)17-13-15-20(16-14-17)23(22,18-9-5-3-6-10-18)19-11-7-4-8-12-19;10-7(11,12)4-1-5(8(13,14)15)3-6(2-4)9(16,17)18/h3-16H,1-2H3;1-3H/q+1;-1. The van der Waals surface area contributed by atoms with Crippen LogP contribution in [0.1, 0.15) is 11.1 Å². The highest BCUT2D eigenvalue weighted by atomic mass is 32.2. The second kappa shape index (κ2) is 12.0. The SMILES string of the molecule is CN(C)c1ccc([S+](=O)(c2ccccc2)c2ccccc2)cc1.F[B-](F)(F)c1cc(C(F)(F)F)cc(C(F)(F)F)c1. The Balaban J connectivity index is 0.000000233. The molecule has 4 rings (SSSR count). The number of benzene rings is 4. The van der Waals surface area contributed by atoms with Crippen molar-refractivity contribution in [2.24, 2.45) is 0 Å². The Kier molecular flexibility index (Phi) is 9.32. The summed E-state index contributed by atoms with van der Waals surface area (Å²) in [6.07, 6.45) is -10.6. The first-order valence-electron chi connectivity index (χ1n) is 11.8. The quantitative estimate of drug-likeness (QED) is 0.130. The van der Waals surface area contributed by atoms with E-state index in [2.05, 4.69) is 0 Å². The first-order chi connectivity index (χ1) is 18.9. The predicted molar refractivity (Wildman–Crippen MR) is 142 cm³/mol. The monoisotopic (exact) mass is 603 g/mol. The maximum Gasteiger partial charge on any atom is 0.509 e. The average Bonchev–Trinajstić information content (AvgIpc) is 2.92. The van der Waals surface area contributed by atoms with Crippen LogP contribution in [0.15, 0.2) is 118 Å². The van der Waals surface area contributed by atoms with Gasteiger partial charge in [0.2, 0.25) is 0 Å². The summed E-state index contributed by atoms with van der Waals surface area (Å²) in [6, 6.07) is 26.3. The maximum atomic E-state index is 14.1. The Morgan fingerprint density at radius 1 is 0.585 bits per heavy atom. The van der Waals surface area contributed by atoms with Gasteiger partial charge in [-0.2, -0.15) is 26.3 Å². The van der Waals surface area contributed by atoms with Crippen LogP contribution in [0.2, 0.25) is 0 Å². The molecule has 4 aromatic carbocycles. The molecule has 0 aliphatic carbocycles. The van der Waals surface area contributed by atoms with Crippen LogP contribution in [0.25, 0.3) is 0 Å². The largest absolute Gasteiger partial charge is 0.509 e. The van der Waals surface area contributed by atoms with Crippen LogP contribution in [0.4, 0.5) is 45.0 Å². The molecule has 0 saturated carbocycles. The van der Waals surface area contributed by atoms with Crippen LogP contribution in [-0.2, 0) is 26.5 Å². The van der Waals surface area contributed by atoms with E-state index >= 15 is 0 Å². The van der Waals surface area contributed by atoms with Crippen molar-refractivity contribution in [3.63, 3.8) is 0 Å². The molecule has 218 valence electrons. The number of hydrogen-bond acceptors (Lipinski definition) is 2. The van der Waals surface area contributed by atoms with Gasteiger partial charge in [-0.15, -0.1) is 5.46 Å². The fourth-order valence-electron chi connectivity index (χ4n) is 3.74. The van der Waals surface area contributed by atoms with Gasteiger partial charge in [-0.05, 0) is 54.6 Å². The zero-order chi connectivity index (χ0) is 30.6. The Morgan fingerprint density at radius 3 is 1.27 bits per heavy atom. The molecule has 0 amide bonds. The van der Waals surface area contributed by atoms with Crippen molar-refractivity contribution >= 4 is 28.1 Å². The van der Waals surface area contributed by atoms with Gasteiger partial charge in [0.25, 0.3) is 0 Å². The topological polar surface area (TPSA) is 20.3 Å². The van der Waals surface area contributed by atoms with Crippen LogP contribution >= 0.6 is 0 Å². The molecule has 0 aromatic heterocycles. The van der Waals surface area contributed by atoms with Gasteiger partial charge in [-0.1, -0.05) is 52.7 Å². The second-order valence-corrected chi connectivity index (χ2v) is 11.5. The summed E-state index contributed by atoms with van der Waals surface area (Å²) in [5.74, 6) is 0. The number of anilines is 1. The number of hydrogen-bond donors (Lipinski definition) is 0. The lowest BCUT2D eigenvalue weighted by Crippen LogP contribution is -2.36. The van der Waals surface area contributed by atoms with Crippen molar-refractivity contribution in [1.29, 1.82) is 0 Å². The van der Waals surface area contributed by atoms with Gasteiger partial charge in [0.15, 0.2) is 24.6 Å². The molecule has 0 fully saturated rings. The molecule has 0 heterocycles. The molecule has 0 N–H and O–H groups in total. The Morgan fingerprint density at radius 2 is 0.951 bits per heavy atom. The van der Waals surface area contributed by atoms with Crippen molar-refractivity contribution in [2.75, 3.05) is 19.0 Å². The van der Waals surface area contributed by atoms with Gasteiger partial charge in [-0.25, -0.2) is 0 Å². The molecule has 0 aliphatic rings. The number of nitrogens with zero attached hydrogens (tertiary/aromatic N) is 1. The van der Waals surface area contributed by atoms with Crippen LogP contribution in [-0.4, -0.2) is 21.1 Å². The number of alkyl halides is 6. The summed E-state index contributed by atoms with van der Waals surface area (Å²) >= 11 is 0. The van der Waals surface area contributed by atoms with Gasteiger partial charge in [-0.3, -0.25) is 0 Å². The van der Waals surface area contributed by atoms with Gasteiger partial charge in [0, 0.05) is 19.8 Å². The summed E-state index contributed by atoms with van der Waals surface area (Å²) in [4.78, 5) is 4.55. The van der Waals surface area contributed by atoms with E-state index in [0.29, 0.717) is 0 Å². The predicted octanol–water partition coefficient (Wildman–Crippen LogP) is 8.51. The summed E-state index contributed by atoms with van der Waals surface area (Å²) in [5, 5.41) is 0. The van der Waals surface area contributed by atoms with E-state index in [1.54, 1.807) is 0 Å². The fraction of sp³-hybridized carbons (Fsp3) is 0.143. The number of halogens is 9. The highest BCUT2D eigenvalue weighted by Gasteiger charge is 2.39. The lowest BCUT2D eigenvalue weighted by Gasteiger charge is -2.19. The number of rotatable bonds is 5. The van der Waals surface area contributed by atoms with E-state index in [-0.39, 0.29) is 18.2 Å². The molecule has 0 radical (unpaired) electrons. The van der Waals surface area contributed by atoms with Crippen LogP contribution in [0, 0.1) is 0 Å². The van der Waals surface area contributed by atoms with E-state index in [0.717, 1.165) is 20.4 Å². The molecule has 2 nitrogen and oxygen atoms in total. The summed E-state index contributed by atoms with van der Waals surface area (Å²) in [5.41, 5.74) is -4.80. The third-order valence-corrected chi connectivity index (χ3v) is 8.63. The highest BCUT2D eigenvalue weighted by molar-refractivity contribution is 8.03. The first kappa shape index (κ1) is 31.8. The minimum absolute atomic E-state index is 0.338. The van der Waals surface area contributed by atoms with E-state index in [1.165, 1.54) is 0 Å². The smallest absolute Gasteiger partial charge is 0.445 e. The third-order valence-electron chi connectivity index (χ3n) is 5.82. The first-order valence-corrected chi connectivity index (χ1v) is 13.4. The average molecular weight is 603 g/mol. The Hall–Kier alpha value is -3.74. The lowest BCUT2D eigenvalue weighted by molar-refractivity contribution is -0.142. The lowest BCUT2D eigenvalue weighted by atomic mass is 9.78. The summed E-state index contributed by atoms with van der Waals surface area (Å²) in [6.45, 7) is -5.95. The normalized spacial score (nSPS) is 12.4. The minimum atomic E-state index is -5.95. The van der Waals surface area contributed by atoms with Crippen molar-refractivity contribution in [2.45, 2.75) is 27.0 Å². The summed E-state index contributed by atoms with van der Waals surface area (Å²) < 4.78 is 124. The molecule has 41 heavy (non-hydrogen) atoms. The molecule has 0 unspecified atom stereocenters. The van der Waals surface area contributed by atoms with Gasteiger partial charge >= 0.3 is 19.3 Å². The Labute approximate surface area is 231 Å². The van der Waals surface area contributed by atoms with Crippen LogP contribution in [0.3, 0.4) is 0 Å². The molecule has 0 bridgehead atoms. The molecule has 4 aromatic rings. The molecule has 13 heteroatoms. The molecule has 0 aliphatic heterocycles. The van der Waals surface area contributed by atoms with Crippen molar-refractivity contribution in [3.05, 3.63) is 114 Å². The van der Waals surface area contributed by atoms with Crippen molar-refractivity contribution in [1.82, 2.24) is 0 Å². The van der Waals surface area contributed by atoms with Gasteiger partial charge < -0.3 is 17.8 Å². The zero-order valence-electron chi connectivity index (χ0n) is 21.6. The zero-order valence-corrected chi connectivity index (χ0v) is 22.4. The fourth-order valence-corrected chi connectivity index (χ4v) is 6.15. The van der Waals surface area contributed by atoms with Crippen LogP contribution < -0.4 is 10.4 Å². The molecule has 0 spiro atoms. The molecular weight excluding hydrogens is 580 g/mol. The maximum absolute atomic E-state index is 14.1.